The first kappa shape index (κ1) is 21.2. The number of carbonyl (C=O) groups excluding carboxylic acids is 1. The van der Waals surface area contributed by atoms with Gasteiger partial charge in [0.1, 0.15) is 11.4 Å². The van der Waals surface area contributed by atoms with Crippen LogP contribution in [0, 0.1) is 0 Å². The molecular formula is C23H26N4O4S. The number of rotatable bonds is 6. The minimum absolute atomic E-state index is 0.0359. The van der Waals surface area contributed by atoms with Gasteiger partial charge in [0.15, 0.2) is 5.82 Å². The van der Waals surface area contributed by atoms with E-state index in [2.05, 4.69) is 16.3 Å². The van der Waals surface area contributed by atoms with Crippen LogP contribution in [-0.2, 0) is 22.3 Å². The van der Waals surface area contributed by atoms with Gasteiger partial charge in [0.25, 0.3) is 0 Å². The lowest BCUT2D eigenvalue weighted by Crippen LogP contribution is -2.32. The summed E-state index contributed by atoms with van der Waals surface area (Å²) in [4.78, 5) is 24.1. The molecule has 1 aromatic carbocycles. The van der Waals surface area contributed by atoms with Crippen LogP contribution in [0.5, 0.6) is 0 Å². The van der Waals surface area contributed by atoms with Gasteiger partial charge in [-0.3, -0.25) is 0 Å². The number of ether oxygens (including phenoxy) is 1. The lowest BCUT2D eigenvalue weighted by Gasteiger charge is -2.28. The van der Waals surface area contributed by atoms with Crippen LogP contribution >= 0.6 is 0 Å². The van der Waals surface area contributed by atoms with Crippen LogP contribution in [0.2, 0.25) is 0 Å². The first-order valence-electron chi connectivity index (χ1n) is 10.8. The SMILES string of the molecule is COC(=O)c1cccc(C2=CCN(c3nc4c(c(NC5(CO)CC5)n3)[S+]([O-])CC4)CC2)c1. The molecule has 0 radical (unpaired) electrons. The van der Waals surface area contributed by atoms with Gasteiger partial charge in [0.2, 0.25) is 10.8 Å². The van der Waals surface area contributed by atoms with Gasteiger partial charge in [-0.2, -0.15) is 4.98 Å². The second-order valence-electron chi connectivity index (χ2n) is 8.51. The molecule has 1 aromatic heterocycles. The minimum atomic E-state index is -1.11. The molecule has 1 fully saturated rings. The van der Waals surface area contributed by atoms with Crippen LogP contribution in [0.3, 0.4) is 0 Å². The van der Waals surface area contributed by atoms with E-state index < -0.39 is 11.2 Å². The Morgan fingerprint density at radius 1 is 1.34 bits per heavy atom. The van der Waals surface area contributed by atoms with Crippen LogP contribution in [0.4, 0.5) is 11.8 Å². The van der Waals surface area contributed by atoms with E-state index in [0.717, 1.165) is 37.1 Å². The molecule has 8 nitrogen and oxygen atoms in total. The number of aliphatic hydroxyl groups excluding tert-OH is 1. The summed E-state index contributed by atoms with van der Waals surface area (Å²) >= 11 is -1.11. The van der Waals surface area contributed by atoms with Crippen molar-refractivity contribution < 1.29 is 19.2 Å². The predicted octanol–water partition coefficient (Wildman–Crippen LogP) is 2.16. The van der Waals surface area contributed by atoms with Crippen LogP contribution in [0.1, 0.15) is 40.9 Å². The van der Waals surface area contributed by atoms with E-state index in [4.69, 9.17) is 14.7 Å². The normalized spacial score (nSPS) is 21.0. The molecule has 1 unspecified atom stereocenters. The fraction of sp³-hybridized carbons (Fsp3) is 0.435. The highest BCUT2D eigenvalue weighted by atomic mass is 32.2. The molecule has 0 bridgehead atoms. The molecule has 2 aromatic rings. The van der Waals surface area contributed by atoms with Crippen molar-refractivity contribution in [3.63, 3.8) is 0 Å². The van der Waals surface area contributed by atoms with Gasteiger partial charge in [0.05, 0.1) is 24.8 Å². The Labute approximate surface area is 189 Å². The van der Waals surface area contributed by atoms with Gasteiger partial charge >= 0.3 is 5.97 Å². The summed E-state index contributed by atoms with van der Waals surface area (Å²) in [6.07, 6.45) is 5.36. The Morgan fingerprint density at radius 3 is 2.88 bits per heavy atom. The maximum absolute atomic E-state index is 12.5. The largest absolute Gasteiger partial charge is 0.611 e. The van der Waals surface area contributed by atoms with E-state index in [-0.39, 0.29) is 18.1 Å². The summed E-state index contributed by atoms with van der Waals surface area (Å²) < 4.78 is 17.4. The fourth-order valence-electron chi connectivity index (χ4n) is 4.21. The van der Waals surface area contributed by atoms with Crippen molar-refractivity contribution in [2.75, 3.05) is 42.8 Å². The average Bonchev–Trinajstić information content (AvgIpc) is 3.51. The second kappa shape index (κ2) is 8.38. The Bertz CT molecular complexity index is 1090. The summed E-state index contributed by atoms with van der Waals surface area (Å²) in [6.45, 7) is 1.42. The number of aryl methyl sites for hydroxylation is 1. The number of methoxy groups -OCH3 is 1. The van der Waals surface area contributed by atoms with Gasteiger partial charge in [-0.25, -0.2) is 9.78 Å². The van der Waals surface area contributed by atoms with Crippen LogP contribution < -0.4 is 10.2 Å². The number of esters is 1. The molecule has 3 heterocycles. The first-order chi connectivity index (χ1) is 15.5. The number of fused-ring (bicyclic) bond motifs is 1. The molecule has 2 N–H and O–H groups in total. The number of anilines is 2. The van der Waals surface area contributed by atoms with E-state index in [1.807, 2.05) is 18.2 Å². The molecule has 1 atom stereocenters. The van der Waals surface area contributed by atoms with E-state index >= 15 is 0 Å². The molecule has 168 valence electrons. The molecule has 9 heteroatoms. The summed E-state index contributed by atoms with van der Waals surface area (Å²) in [6, 6.07) is 7.48. The van der Waals surface area contributed by atoms with Crippen molar-refractivity contribution in [3.8, 4) is 0 Å². The lowest BCUT2D eigenvalue weighted by molar-refractivity contribution is 0.0600. The Hall–Kier alpha value is -2.62. The average molecular weight is 455 g/mol. The van der Waals surface area contributed by atoms with E-state index in [9.17, 15) is 14.5 Å². The monoisotopic (exact) mass is 454 g/mol. The summed E-state index contributed by atoms with van der Waals surface area (Å²) in [7, 11) is 1.38. The third kappa shape index (κ3) is 3.96. The zero-order chi connectivity index (χ0) is 22.3. The molecule has 3 aliphatic rings. The highest BCUT2D eigenvalue weighted by Crippen LogP contribution is 2.41. The van der Waals surface area contributed by atoms with Crippen LogP contribution in [-0.4, -0.2) is 63.7 Å². The van der Waals surface area contributed by atoms with Crippen molar-refractivity contribution in [2.24, 2.45) is 0 Å². The lowest BCUT2D eigenvalue weighted by atomic mass is 9.98. The third-order valence-electron chi connectivity index (χ3n) is 6.36. The fourth-order valence-corrected chi connectivity index (χ4v) is 5.52. The molecule has 2 aliphatic heterocycles. The van der Waals surface area contributed by atoms with Crippen molar-refractivity contribution in [2.45, 2.75) is 36.1 Å². The molecule has 0 amide bonds. The van der Waals surface area contributed by atoms with E-state index in [1.54, 1.807) is 6.07 Å². The topological polar surface area (TPSA) is 111 Å². The minimum Gasteiger partial charge on any atom is -0.611 e. The summed E-state index contributed by atoms with van der Waals surface area (Å²) in [5, 5.41) is 13.1. The number of aromatic nitrogens is 2. The van der Waals surface area contributed by atoms with Gasteiger partial charge in [-0.1, -0.05) is 18.2 Å². The summed E-state index contributed by atoms with van der Waals surface area (Å²) in [5.41, 5.74) is 3.22. The first-order valence-corrected chi connectivity index (χ1v) is 12.1. The Morgan fingerprint density at radius 2 is 2.19 bits per heavy atom. The maximum Gasteiger partial charge on any atom is 0.337 e. The van der Waals surface area contributed by atoms with Gasteiger partial charge in [-0.15, -0.1) is 0 Å². The third-order valence-corrected chi connectivity index (χ3v) is 7.82. The number of hydrogen-bond acceptors (Lipinski definition) is 8. The predicted molar refractivity (Wildman–Crippen MR) is 122 cm³/mol. The maximum atomic E-state index is 12.5. The van der Waals surface area contributed by atoms with Crippen LogP contribution in [0.25, 0.3) is 5.57 Å². The number of hydrogen-bond donors (Lipinski definition) is 2. The number of aliphatic hydroxyl groups is 1. The Kier molecular flexibility index (Phi) is 5.56. The highest BCUT2D eigenvalue weighted by molar-refractivity contribution is 7.91. The number of nitrogens with one attached hydrogen (secondary N) is 1. The smallest absolute Gasteiger partial charge is 0.337 e. The Balaban J connectivity index is 1.39. The standard InChI is InChI=1S/C23H26N4O4S/c1-31-21(29)17-4-2-3-16(13-17)15-5-10-27(11-6-15)22-24-18-7-12-32(30)19(18)20(25-22)26-23(14-28)8-9-23/h2-5,13,28H,6-12,14H2,1H3,(H,24,25,26). The molecule has 0 saturated heterocycles. The van der Waals surface area contributed by atoms with Gasteiger partial charge < -0.3 is 24.6 Å². The van der Waals surface area contributed by atoms with Crippen LogP contribution in [0.15, 0.2) is 35.2 Å². The molecule has 1 saturated carbocycles. The van der Waals surface area contributed by atoms with Crippen molar-refractivity contribution >= 4 is 34.5 Å². The number of carbonyl (C=O) groups is 1. The zero-order valence-corrected chi connectivity index (χ0v) is 18.8. The molecule has 0 spiro atoms. The van der Waals surface area contributed by atoms with Crippen molar-refractivity contribution in [3.05, 3.63) is 47.2 Å². The summed E-state index contributed by atoms with van der Waals surface area (Å²) in [5.74, 6) is 1.45. The second-order valence-corrected chi connectivity index (χ2v) is 10.0. The molecular weight excluding hydrogens is 428 g/mol. The highest BCUT2D eigenvalue weighted by Gasteiger charge is 2.45. The quantitative estimate of drug-likeness (QED) is 0.505. The zero-order valence-electron chi connectivity index (χ0n) is 18.0. The molecule has 5 rings (SSSR count). The van der Waals surface area contributed by atoms with Gasteiger partial charge in [-0.05, 0) is 53.7 Å². The van der Waals surface area contributed by atoms with Crippen molar-refractivity contribution in [1.29, 1.82) is 0 Å². The van der Waals surface area contributed by atoms with Gasteiger partial charge in [0, 0.05) is 19.5 Å². The molecule has 32 heavy (non-hydrogen) atoms. The molecule has 1 aliphatic carbocycles. The van der Waals surface area contributed by atoms with Crippen molar-refractivity contribution in [1.82, 2.24) is 9.97 Å². The van der Waals surface area contributed by atoms with E-state index in [0.29, 0.717) is 40.9 Å². The number of benzene rings is 1. The number of nitrogens with zero attached hydrogens (tertiary/aromatic N) is 3. The van der Waals surface area contributed by atoms with E-state index in [1.165, 1.54) is 12.7 Å².